The lowest BCUT2D eigenvalue weighted by Crippen LogP contribution is -2.42. The van der Waals surface area contributed by atoms with E-state index >= 15 is 0 Å². The third kappa shape index (κ3) is 4.36. The molecular weight excluding hydrogens is 458 g/mol. The van der Waals surface area contributed by atoms with E-state index in [1.165, 1.54) is 0 Å². The van der Waals surface area contributed by atoms with Gasteiger partial charge in [-0.05, 0) is 57.7 Å². The molecule has 0 radical (unpaired) electrons. The molecule has 0 spiro atoms. The number of anilines is 1. The maximum absolute atomic E-state index is 13.5. The number of ketones is 1. The Balaban J connectivity index is 1.27. The van der Waals surface area contributed by atoms with Gasteiger partial charge in [-0.3, -0.25) is 19.0 Å². The fraction of sp³-hybridized carbons (Fsp3) is 0.429. The van der Waals surface area contributed by atoms with Crippen molar-refractivity contribution in [1.82, 2.24) is 9.72 Å². The molecule has 3 aromatic rings. The third-order valence-electron chi connectivity index (χ3n) is 7.46. The van der Waals surface area contributed by atoms with E-state index in [-0.39, 0.29) is 18.3 Å². The van der Waals surface area contributed by atoms with Crippen LogP contribution in [-0.4, -0.2) is 40.5 Å². The Kier molecular flexibility index (Phi) is 6.51. The van der Waals surface area contributed by atoms with Gasteiger partial charge in [0, 0.05) is 35.2 Å². The maximum Gasteiger partial charge on any atom is 0.310 e. The summed E-state index contributed by atoms with van der Waals surface area (Å²) in [4.78, 5) is 41.4. The van der Waals surface area contributed by atoms with Crippen LogP contribution in [0.1, 0.15) is 58.8 Å². The van der Waals surface area contributed by atoms with Crippen molar-refractivity contribution < 1.29 is 23.6 Å². The van der Waals surface area contributed by atoms with Crippen LogP contribution in [0.15, 0.2) is 40.9 Å². The molecule has 1 aromatic carbocycles. The largest absolute Gasteiger partial charge is 0.457 e. The molecule has 2 aliphatic rings. The molecule has 1 saturated carbocycles. The lowest BCUT2D eigenvalue weighted by molar-refractivity contribution is -0.153. The van der Waals surface area contributed by atoms with Gasteiger partial charge in [0.05, 0.1) is 11.8 Å². The molecule has 3 heterocycles. The number of rotatable bonds is 6. The van der Waals surface area contributed by atoms with Crippen LogP contribution in [0.2, 0.25) is 0 Å². The van der Waals surface area contributed by atoms with Gasteiger partial charge in [-0.1, -0.05) is 36.2 Å². The topological polar surface area (TPSA) is 94.6 Å². The van der Waals surface area contributed by atoms with E-state index in [0.717, 1.165) is 36.2 Å². The normalized spacial score (nSPS) is 19.2. The summed E-state index contributed by atoms with van der Waals surface area (Å²) in [7, 11) is 0. The van der Waals surface area contributed by atoms with Crippen molar-refractivity contribution in [2.45, 2.75) is 52.9 Å². The van der Waals surface area contributed by atoms with E-state index in [1.54, 1.807) is 12.1 Å². The minimum absolute atomic E-state index is 0.0145. The lowest BCUT2D eigenvalue weighted by atomic mass is 9.78. The number of carbonyl (C=O) groups excluding carboxylic acids is 3. The van der Waals surface area contributed by atoms with Crippen molar-refractivity contribution in [3.05, 3.63) is 64.7 Å². The molecule has 2 aromatic heterocycles. The average Bonchev–Trinajstić information content (AvgIpc) is 3.58. The Morgan fingerprint density at radius 3 is 2.56 bits per heavy atom. The van der Waals surface area contributed by atoms with Gasteiger partial charge in [0.2, 0.25) is 11.7 Å². The highest BCUT2D eigenvalue weighted by molar-refractivity contribution is 6.01. The van der Waals surface area contributed by atoms with Crippen LogP contribution in [0.4, 0.5) is 5.69 Å². The average molecular weight is 490 g/mol. The van der Waals surface area contributed by atoms with Crippen LogP contribution in [-0.2, 0) is 20.7 Å². The fourth-order valence-electron chi connectivity index (χ4n) is 5.65. The van der Waals surface area contributed by atoms with Crippen molar-refractivity contribution in [1.29, 1.82) is 0 Å². The molecule has 36 heavy (non-hydrogen) atoms. The number of hydrogen-bond acceptors (Lipinski definition) is 6. The zero-order valence-corrected chi connectivity index (χ0v) is 21.0. The number of hydrogen-bond donors (Lipinski definition) is 0. The van der Waals surface area contributed by atoms with Crippen LogP contribution in [0.3, 0.4) is 0 Å². The van der Waals surface area contributed by atoms with Gasteiger partial charge in [-0.25, -0.2) is 0 Å². The molecule has 188 valence electrons. The number of esters is 1. The first-order valence-electron chi connectivity index (χ1n) is 12.6. The quantitative estimate of drug-likeness (QED) is 0.373. The van der Waals surface area contributed by atoms with Gasteiger partial charge < -0.3 is 14.2 Å². The summed E-state index contributed by atoms with van der Waals surface area (Å²) in [5.41, 5.74) is 4.11. The maximum atomic E-state index is 13.5. The summed E-state index contributed by atoms with van der Waals surface area (Å²) >= 11 is 0. The van der Waals surface area contributed by atoms with Crippen molar-refractivity contribution in [3.8, 4) is 5.82 Å². The first-order chi connectivity index (χ1) is 17.3. The Morgan fingerprint density at radius 1 is 1.06 bits per heavy atom. The highest BCUT2D eigenvalue weighted by Gasteiger charge is 2.40. The number of aryl methyl sites for hydroxylation is 2. The van der Waals surface area contributed by atoms with E-state index in [1.807, 2.05) is 54.5 Å². The van der Waals surface area contributed by atoms with Crippen molar-refractivity contribution in [3.63, 3.8) is 0 Å². The Morgan fingerprint density at radius 2 is 1.81 bits per heavy atom. The van der Waals surface area contributed by atoms with Crippen LogP contribution < -0.4 is 4.90 Å². The molecule has 8 heteroatoms. The Bertz CT molecular complexity index is 1320. The highest BCUT2D eigenvalue weighted by Crippen LogP contribution is 2.36. The van der Waals surface area contributed by atoms with Gasteiger partial charge in [0.15, 0.2) is 12.4 Å². The lowest BCUT2D eigenvalue weighted by Gasteiger charge is -2.32. The van der Waals surface area contributed by atoms with Crippen molar-refractivity contribution in [2.24, 2.45) is 11.8 Å². The molecule has 1 aliphatic heterocycles. The van der Waals surface area contributed by atoms with Crippen LogP contribution in [0.25, 0.3) is 5.82 Å². The van der Waals surface area contributed by atoms with E-state index in [0.29, 0.717) is 42.2 Å². The first-order valence-corrected chi connectivity index (χ1v) is 12.6. The smallest absolute Gasteiger partial charge is 0.310 e. The molecule has 0 bridgehead atoms. The zero-order valence-electron chi connectivity index (χ0n) is 21.0. The Labute approximate surface area is 210 Å². The number of Topliss-reactive ketones (excluding diaryl/α,β-unsaturated/α-hetero) is 1. The standard InChI is InChI=1S/C28H31N3O5/c1-17-14-23(19(3)31(17)26-15-18(2)36-29-26)25(32)16-35-28(34)22-10-6-5-9-21(22)27(33)30-13-12-20-8-4-7-11-24(20)30/h4,7-8,11,14-15,21-22H,5-6,9-10,12-13,16H2,1-3H3. The molecule has 8 nitrogen and oxygen atoms in total. The number of aromatic nitrogens is 2. The predicted molar refractivity (Wildman–Crippen MR) is 133 cm³/mol. The molecule has 2 unspecified atom stereocenters. The summed E-state index contributed by atoms with van der Waals surface area (Å²) in [5, 5.41) is 4.04. The summed E-state index contributed by atoms with van der Waals surface area (Å²) in [5.74, 6) is -0.437. The SMILES string of the molecule is Cc1cc(-n2c(C)cc(C(=O)COC(=O)C3CCCCC3C(=O)N3CCc4ccccc43)c2C)no1. The number of amides is 1. The van der Waals surface area contributed by atoms with Gasteiger partial charge in [-0.15, -0.1) is 0 Å². The molecule has 2 atom stereocenters. The monoisotopic (exact) mass is 489 g/mol. The van der Waals surface area contributed by atoms with E-state index in [2.05, 4.69) is 5.16 Å². The van der Waals surface area contributed by atoms with E-state index in [9.17, 15) is 14.4 Å². The minimum atomic E-state index is -0.530. The van der Waals surface area contributed by atoms with E-state index < -0.39 is 17.8 Å². The molecule has 1 fully saturated rings. The van der Waals surface area contributed by atoms with Gasteiger partial charge in [0.25, 0.3) is 0 Å². The number of para-hydroxylation sites is 1. The molecular formula is C28H31N3O5. The second-order valence-corrected chi connectivity index (χ2v) is 9.81. The second kappa shape index (κ2) is 9.76. The molecule has 0 saturated heterocycles. The summed E-state index contributed by atoms with van der Waals surface area (Å²) < 4.78 is 12.5. The second-order valence-electron chi connectivity index (χ2n) is 9.81. The predicted octanol–water partition coefficient (Wildman–Crippen LogP) is 4.51. The number of fused-ring (bicyclic) bond motifs is 1. The van der Waals surface area contributed by atoms with Crippen LogP contribution in [0.5, 0.6) is 0 Å². The van der Waals surface area contributed by atoms with Crippen molar-refractivity contribution >= 4 is 23.3 Å². The fourth-order valence-corrected chi connectivity index (χ4v) is 5.65. The third-order valence-corrected chi connectivity index (χ3v) is 7.46. The van der Waals surface area contributed by atoms with Crippen molar-refractivity contribution in [2.75, 3.05) is 18.1 Å². The molecule has 1 amide bonds. The minimum Gasteiger partial charge on any atom is -0.457 e. The van der Waals surface area contributed by atoms with Gasteiger partial charge in [-0.2, -0.15) is 0 Å². The van der Waals surface area contributed by atoms with E-state index in [4.69, 9.17) is 9.26 Å². The van der Waals surface area contributed by atoms with Gasteiger partial charge >= 0.3 is 5.97 Å². The highest BCUT2D eigenvalue weighted by atomic mass is 16.5. The number of carbonyl (C=O) groups is 3. The molecule has 5 rings (SSSR count). The Hall–Kier alpha value is -3.68. The first kappa shape index (κ1) is 24.0. The zero-order chi connectivity index (χ0) is 25.4. The van der Waals surface area contributed by atoms with Crippen LogP contribution >= 0.6 is 0 Å². The summed E-state index contributed by atoms with van der Waals surface area (Å²) in [6, 6.07) is 11.5. The summed E-state index contributed by atoms with van der Waals surface area (Å²) in [6.45, 7) is 5.80. The summed E-state index contributed by atoms with van der Waals surface area (Å²) in [6.07, 6.45) is 3.85. The molecule has 1 aliphatic carbocycles. The van der Waals surface area contributed by atoms with Gasteiger partial charge in [0.1, 0.15) is 5.76 Å². The van der Waals surface area contributed by atoms with Crippen LogP contribution in [0, 0.1) is 32.6 Å². The number of nitrogens with zero attached hydrogens (tertiary/aromatic N) is 3. The number of ether oxygens (including phenoxy) is 1. The number of benzene rings is 1. The molecule has 0 N–H and O–H groups in total.